The van der Waals surface area contributed by atoms with Crippen molar-refractivity contribution in [1.29, 1.82) is 0 Å². The van der Waals surface area contributed by atoms with Gasteiger partial charge in [-0.05, 0) is 25.5 Å². The Morgan fingerprint density at radius 2 is 2.10 bits per heavy atom. The standard InChI is InChI=1S/C18H17Cl2N5O3S.ClH/c1-7-12(19)13(20)15(22-7)16(26)24-18-23-14-10(25-3-2-9(21)6-25)4-8(17(27)28)5-11(14)29-18;/h4-5,9,22H,2-3,6,21H2,1H3,(H,27,28)(H,23,24,26);1H/t9-;/m0./s1. The molecule has 5 N–H and O–H groups in total. The number of anilines is 2. The van der Waals surface area contributed by atoms with Crippen LogP contribution in [-0.4, -0.2) is 46.1 Å². The summed E-state index contributed by atoms with van der Waals surface area (Å²) >= 11 is 13.3. The number of thiazole rings is 1. The highest BCUT2D eigenvalue weighted by molar-refractivity contribution is 7.22. The minimum atomic E-state index is -1.03. The second-order valence-corrected chi connectivity index (χ2v) is 8.65. The molecule has 1 aliphatic heterocycles. The number of halogens is 3. The molecule has 2 aromatic heterocycles. The first-order valence-corrected chi connectivity index (χ1v) is 10.3. The third-order valence-corrected chi connectivity index (χ3v) is 6.65. The van der Waals surface area contributed by atoms with Crippen molar-refractivity contribution in [2.24, 2.45) is 5.73 Å². The van der Waals surface area contributed by atoms with E-state index in [1.54, 1.807) is 19.1 Å². The van der Waals surface area contributed by atoms with Gasteiger partial charge >= 0.3 is 5.97 Å². The van der Waals surface area contributed by atoms with Crippen molar-refractivity contribution < 1.29 is 14.7 Å². The van der Waals surface area contributed by atoms with Crippen LogP contribution in [0, 0.1) is 6.92 Å². The van der Waals surface area contributed by atoms with Crippen LogP contribution in [0.2, 0.25) is 10.0 Å². The topological polar surface area (TPSA) is 124 Å². The molecule has 160 valence electrons. The molecule has 30 heavy (non-hydrogen) atoms. The maximum Gasteiger partial charge on any atom is 0.335 e. The van der Waals surface area contributed by atoms with E-state index in [2.05, 4.69) is 15.3 Å². The monoisotopic (exact) mass is 489 g/mol. The van der Waals surface area contributed by atoms with Crippen molar-refractivity contribution in [2.75, 3.05) is 23.3 Å². The molecule has 1 saturated heterocycles. The number of aromatic carboxylic acids is 1. The minimum Gasteiger partial charge on any atom is -0.478 e. The Kier molecular flexibility index (Phi) is 6.49. The van der Waals surface area contributed by atoms with Gasteiger partial charge in [-0.3, -0.25) is 10.1 Å². The van der Waals surface area contributed by atoms with Crippen LogP contribution < -0.4 is 16.0 Å². The molecule has 8 nitrogen and oxygen atoms in total. The number of rotatable bonds is 4. The van der Waals surface area contributed by atoms with Crippen molar-refractivity contribution in [1.82, 2.24) is 9.97 Å². The Hall–Kier alpha value is -2.04. The van der Waals surface area contributed by atoms with Gasteiger partial charge in [0.05, 0.1) is 26.0 Å². The van der Waals surface area contributed by atoms with Gasteiger partial charge in [-0.2, -0.15) is 0 Å². The van der Waals surface area contributed by atoms with Gasteiger partial charge < -0.3 is 20.7 Å². The third-order valence-electron chi connectivity index (χ3n) is 4.79. The number of H-pyrrole nitrogens is 1. The van der Waals surface area contributed by atoms with Gasteiger partial charge in [0.25, 0.3) is 5.91 Å². The Labute approximate surface area is 191 Å². The maximum absolute atomic E-state index is 12.6. The summed E-state index contributed by atoms with van der Waals surface area (Å²) in [6, 6.07) is 3.17. The average molecular weight is 491 g/mol. The van der Waals surface area contributed by atoms with E-state index in [1.807, 2.05) is 4.90 Å². The number of aromatic amines is 1. The summed E-state index contributed by atoms with van der Waals surface area (Å²) in [5.74, 6) is -1.51. The number of aryl methyl sites for hydroxylation is 1. The summed E-state index contributed by atoms with van der Waals surface area (Å²) in [4.78, 5) is 33.6. The number of carboxylic acid groups (broad SMARTS) is 1. The van der Waals surface area contributed by atoms with Gasteiger partial charge in [0.2, 0.25) is 0 Å². The lowest BCUT2D eigenvalue weighted by atomic mass is 10.1. The molecule has 0 aliphatic carbocycles. The van der Waals surface area contributed by atoms with E-state index in [1.165, 1.54) is 11.3 Å². The van der Waals surface area contributed by atoms with Crippen LogP contribution in [0.25, 0.3) is 10.2 Å². The van der Waals surface area contributed by atoms with Crippen LogP contribution in [-0.2, 0) is 0 Å². The highest BCUT2D eigenvalue weighted by Gasteiger charge is 2.25. The van der Waals surface area contributed by atoms with E-state index >= 15 is 0 Å². The van der Waals surface area contributed by atoms with Crippen LogP contribution >= 0.6 is 46.9 Å². The van der Waals surface area contributed by atoms with Gasteiger partial charge in [-0.1, -0.05) is 34.5 Å². The fraction of sp³-hybridized carbons (Fsp3) is 0.278. The number of nitrogens with one attached hydrogen (secondary N) is 2. The lowest BCUT2D eigenvalue weighted by Gasteiger charge is -2.19. The van der Waals surface area contributed by atoms with E-state index in [9.17, 15) is 14.7 Å². The van der Waals surface area contributed by atoms with Gasteiger partial charge in [0, 0.05) is 24.8 Å². The van der Waals surface area contributed by atoms with Gasteiger partial charge in [-0.25, -0.2) is 9.78 Å². The second kappa shape index (κ2) is 8.60. The molecule has 0 radical (unpaired) electrons. The second-order valence-electron chi connectivity index (χ2n) is 6.87. The molecule has 1 atom stereocenters. The molecule has 0 spiro atoms. The molecule has 0 bridgehead atoms. The summed E-state index contributed by atoms with van der Waals surface area (Å²) < 4.78 is 0.655. The number of amides is 1. The SMILES string of the molecule is Cc1[nH]c(C(=O)Nc2nc3c(N4CC[C@H](N)C4)cc(C(=O)O)cc3s2)c(Cl)c1Cl.Cl. The zero-order valence-corrected chi connectivity index (χ0v) is 18.8. The molecule has 12 heteroatoms. The number of hydrogen-bond donors (Lipinski definition) is 4. The Bertz CT molecular complexity index is 1150. The molecular formula is C18H18Cl3N5O3S. The molecule has 1 amide bonds. The maximum atomic E-state index is 12.6. The number of benzene rings is 1. The van der Waals surface area contributed by atoms with Crippen LogP contribution in [0.5, 0.6) is 0 Å². The first-order valence-electron chi connectivity index (χ1n) is 8.78. The van der Waals surface area contributed by atoms with Crippen molar-refractivity contribution >= 4 is 79.9 Å². The molecular weight excluding hydrogens is 473 g/mol. The Morgan fingerprint density at radius 1 is 1.37 bits per heavy atom. The summed E-state index contributed by atoms with van der Waals surface area (Å²) in [7, 11) is 0. The van der Waals surface area contributed by atoms with Crippen LogP contribution in [0.15, 0.2) is 12.1 Å². The quantitative estimate of drug-likeness (QED) is 0.435. The number of carboxylic acids is 1. The molecule has 1 aromatic carbocycles. The highest BCUT2D eigenvalue weighted by Crippen LogP contribution is 2.36. The van der Waals surface area contributed by atoms with Crippen molar-refractivity contribution in [3.8, 4) is 0 Å². The van der Waals surface area contributed by atoms with E-state index in [0.717, 1.165) is 6.42 Å². The summed E-state index contributed by atoms with van der Waals surface area (Å²) in [5.41, 5.74) is 8.21. The first kappa shape index (κ1) is 22.6. The van der Waals surface area contributed by atoms with Crippen molar-refractivity contribution in [3.05, 3.63) is 39.1 Å². The number of carbonyl (C=O) groups excluding carboxylic acids is 1. The number of aromatic nitrogens is 2. The number of carbonyl (C=O) groups is 2. The largest absolute Gasteiger partial charge is 0.478 e. The Morgan fingerprint density at radius 3 is 2.67 bits per heavy atom. The fourth-order valence-electron chi connectivity index (χ4n) is 3.32. The van der Waals surface area contributed by atoms with E-state index in [-0.39, 0.29) is 34.7 Å². The lowest BCUT2D eigenvalue weighted by molar-refractivity contribution is 0.0697. The number of fused-ring (bicyclic) bond motifs is 1. The molecule has 1 aliphatic rings. The van der Waals surface area contributed by atoms with Crippen LogP contribution in [0.1, 0.15) is 33.0 Å². The smallest absolute Gasteiger partial charge is 0.335 e. The molecule has 4 rings (SSSR count). The van der Waals surface area contributed by atoms with Crippen LogP contribution in [0.4, 0.5) is 10.8 Å². The number of hydrogen-bond acceptors (Lipinski definition) is 6. The zero-order chi connectivity index (χ0) is 20.9. The van der Waals surface area contributed by atoms with Gasteiger partial charge in [0.1, 0.15) is 11.2 Å². The van der Waals surface area contributed by atoms with Crippen LogP contribution in [0.3, 0.4) is 0 Å². The zero-order valence-electron chi connectivity index (χ0n) is 15.7. The summed E-state index contributed by atoms with van der Waals surface area (Å²) in [5, 5.41) is 12.9. The third kappa shape index (κ3) is 4.08. The summed E-state index contributed by atoms with van der Waals surface area (Å²) in [6.45, 7) is 3.05. The average Bonchev–Trinajstić information content (AvgIpc) is 3.34. The minimum absolute atomic E-state index is 0. The number of nitrogens with zero attached hydrogens (tertiary/aromatic N) is 2. The van der Waals surface area contributed by atoms with E-state index < -0.39 is 11.9 Å². The summed E-state index contributed by atoms with van der Waals surface area (Å²) in [6.07, 6.45) is 0.817. The lowest BCUT2D eigenvalue weighted by Crippen LogP contribution is -2.26. The molecule has 0 saturated carbocycles. The first-order chi connectivity index (χ1) is 13.7. The van der Waals surface area contributed by atoms with Crippen molar-refractivity contribution in [3.63, 3.8) is 0 Å². The Balaban J connectivity index is 0.00000256. The van der Waals surface area contributed by atoms with Crippen molar-refractivity contribution in [2.45, 2.75) is 19.4 Å². The molecule has 0 unspecified atom stereocenters. The highest BCUT2D eigenvalue weighted by atomic mass is 35.5. The molecule has 3 heterocycles. The predicted molar refractivity (Wildman–Crippen MR) is 122 cm³/mol. The van der Waals surface area contributed by atoms with Gasteiger partial charge in [-0.15, -0.1) is 12.4 Å². The fourth-order valence-corrected chi connectivity index (χ4v) is 4.66. The predicted octanol–water partition coefficient (Wildman–Crippen LogP) is 4.15. The molecule has 3 aromatic rings. The van der Waals surface area contributed by atoms with E-state index in [4.69, 9.17) is 28.9 Å². The van der Waals surface area contributed by atoms with Gasteiger partial charge in [0.15, 0.2) is 5.13 Å². The van der Waals surface area contributed by atoms with E-state index in [0.29, 0.717) is 44.8 Å². The normalized spacial score (nSPS) is 16.0. The molecule has 1 fully saturated rings. The number of nitrogens with two attached hydrogens (primary N) is 1.